The normalized spacial score (nSPS) is 14.2. The summed E-state index contributed by atoms with van der Waals surface area (Å²) in [5, 5.41) is 3.25. The quantitative estimate of drug-likeness (QED) is 0.696. The van der Waals surface area contributed by atoms with Crippen molar-refractivity contribution in [3.05, 3.63) is 38.7 Å². The maximum atomic E-state index is 12.3. The fourth-order valence-electron chi connectivity index (χ4n) is 3.38. The second kappa shape index (κ2) is 7.92. The lowest BCUT2D eigenvalue weighted by Crippen LogP contribution is -2.23. The molecule has 0 atom stereocenters. The number of hydrogen-bond donors (Lipinski definition) is 2. The molecule has 0 spiro atoms. The van der Waals surface area contributed by atoms with Crippen LogP contribution < -0.4 is 20.5 Å². The molecular formula is C19H17ClN2O6S. The van der Waals surface area contributed by atoms with E-state index in [1.807, 2.05) is 0 Å². The van der Waals surface area contributed by atoms with Gasteiger partial charge in [0.15, 0.2) is 18.1 Å². The number of aryl methyl sites for hydroxylation is 1. The van der Waals surface area contributed by atoms with Crippen LogP contribution in [-0.4, -0.2) is 31.2 Å². The van der Waals surface area contributed by atoms with Gasteiger partial charge in [-0.2, -0.15) is 0 Å². The highest BCUT2D eigenvalue weighted by molar-refractivity contribution is 7.17. The number of nitrogens with one attached hydrogen (secondary N) is 1. The van der Waals surface area contributed by atoms with Crippen LogP contribution in [0.1, 0.15) is 44.0 Å². The fourth-order valence-corrected chi connectivity index (χ4v) is 4.95. The zero-order valence-corrected chi connectivity index (χ0v) is 16.8. The van der Waals surface area contributed by atoms with E-state index >= 15 is 0 Å². The van der Waals surface area contributed by atoms with Crippen molar-refractivity contribution < 1.29 is 28.6 Å². The van der Waals surface area contributed by atoms with Gasteiger partial charge in [-0.25, -0.2) is 4.79 Å². The van der Waals surface area contributed by atoms with Crippen molar-refractivity contribution in [2.24, 2.45) is 5.73 Å². The smallest absolute Gasteiger partial charge is 0.338 e. The van der Waals surface area contributed by atoms with Crippen molar-refractivity contribution >= 4 is 45.7 Å². The molecule has 8 nitrogen and oxygen atoms in total. The van der Waals surface area contributed by atoms with Gasteiger partial charge in [-0.05, 0) is 43.4 Å². The van der Waals surface area contributed by atoms with Crippen LogP contribution in [0.15, 0.2) is 12.1 Å². The third-order valence-electron chi connectivity index (χ3n) is 4.67. The van der Waals surface area contributed by atoms with Gasteiger partial charge in [0.1, 0.15) is 5.00 Å². The number of carbonyl (C=O) groups is 3. The van der Waals surface area contributed by atoms with Gasteiger partial charge in [-0.15, -0.1) is 11.3 Å². The van der Waals surface area contributed by atoms with Crippen LogP contribution in [0.25, 0.3) is 0 Å². The molecule has 0 bridgehead atoms. The molecule has 0 radical (unpaired) electrons. The second-order valence-corrected chi connectivity index (χ2v) is 8.11. The van der Waals surface area contributed by atoms with Crippen LogP contribution in [0.3, 0.4) is 0 Å². The molecule has 1 aromatic heterocycles. The summed E-state index contributed by atoms with van der Waals surface area (Å²) < 4.78 is 15.5. The Labute approximate surface area is 174 Å². The summed E-state index contributed by atoms with van der Waals surface area (Å²) in [4.78, 5) is 37.5. The molecule has 0 unspecified atom stereocenters. The summed E-state index contributed by atoms with van der Waals surface area (Å²) in [6.07, 6.45) is 3.64. The van der Waals surface area contributed by atoms with E-state index in [1.54, 1.807) is 0 Å². The van der Waals surface area contributed by atoms with E-state index in [9.17, 15) is 14.4 Å². The van der Waals surface area contributed by atoms with E-state index in [0.717, 1.165) is 36.1 Å². The molecule has 1 aliphatic carbocycles. The molecular weight excluding hydrogens is 420 g/mol. The minimum Gasteiger partial charge on any atom is -0.454 e. The van der Waals surface area contributed by atoms with Gasteiger partial charge in [0.25, 0.3) is 11.8 Å². The van der Waals surface area contributed by atoms with Crippen molar-refractivity contribution in [2.45, 2.75) is 25.7 Å². The van der Waals surface area contributed by atoms with E-state index < -0.39 is 24.4 Å². The summed E-state index contributed by atoms with van der Waals surface area (Å²) >= 11 is 7.39. The predicted octanol–water partition coefficient (Wildman–Crippen LogP) is 2.90. The van der Waals surface area contributed by atoms with E-state index in [2.05, 4.69) is 5.32 Å². The SMILES string of the molecule is NC(=O)c1c(NC(=O)COC(=O)c2cc(Cl)c3c(c2)OCO3)sc2c1CCCC2. The van der Waals surface area contributed by atoms with Crippen LogP contribution in [0.4, 0.5) is 5.00 Å². The zero-order chi connectivity index (χ0) is 20.5. The Morgan fingerprint density at radius 3 is 2.79 bits per heavy atom. The number of rotatable bonds is 5. The first-order chi connectivity index (χ1) is 13.9. The Kier molecular flexibility index (Phi) is 5.33. The summed E-state index contributed by atoms with van der Waals surface area (Å²) in [5.41, 5.74) is 6.91. The lowest BCUT2D eigenvalue weighted by molar-refractivity contribution is -0.119. The summed E-state index contributed by atoms with van der Waals surface area (Å²) in [5.74, 6) is -1.18. The second-order valence-electron chi connectivity index (χ2n) is 6.60. The number of fused-ring (bicyclic) bond motifs is 2. The summed E-state index contributed by atoms with van der Waals surface area (Å²) in [6.45, 7) is -0.505. The van der Waals surface area contributed by atoms with Crippen LogP contribution in [0.5, 0.6) is 11.5 Å². The van der Waals surface area contributed by atoms with E-state index in [0.29, 0.717) is 22.1 Å². The lowest BCUT2D eigenvalue weighted by atomic mass is 9.95. The Hall–Kier alpha value is -2.78. The van der Waals surface area contributed by atoms with Gasteiger partial charge in [-0.1, -0.05) is 11.6 Å². The summed E-state index contributed by atoms with van der Waals surface area (Å²) in [6, 6.07) is 2.82. The average Bonchev–Trinajstić information content (AvgIpc) is 3.30. The molecule has 10 heteroatoms. The molecule has 0 fully saturated rings. The maximum absolute atomic E-state index is 12.3. The van der Waals surface area contributed by atoms with Gasteiger partial charge >= 0.3 is 5.97 Å². The Balaban J connectivity index is 1.42. The molecule has 29 heavy (non-hydrogen) atoms. The Morgan fingerprint density at radius 1 is 1.21 bits per heavy atom. The van der Waals surface area contributed by atoms with Gasteiger partial charge < -0.3 is 25.3 Å². The van der Waals surface area contributed by atoms with Gasteiger partial charge in [0.05, 0.1) is 16.1 Å². The van der Waals surface area contributed by atoms with E-state index in [4.69, 9.17) is 31.5 Å². The highest BCUT2D eigenvalue weighted by Gasteiger charge is 2.26. The monoisotopic (exact) mass is 436 g/mol. The molecule has 2 aliphatic rings. The minimum atomic E-state index is -0.735. The molecule has 3 N–H and O–H groups in total. The number of benzene rings is 1. The third kappa shape index (κ3) is 3.88. The van der Waals surface area contributed by atoms with Gasteiger partial charge in [0, 0.05) is 4.88 Å². The highest BCUT2D eigenvalue weighted by Crippen LogP contribution is 2.40. The van der Waals surface area contributed by atoms with Gasteiger partial charge in [-0.3, -0.25) is 9.59 Å². The third-order valence-corrected chi connectivity index (χ3v) is 6.16. The van der Waals surface area contributed by atoms with Crippen LogP contribution in [-0.2, 0) is 22.4 Å². The molecule has 0 saturated heterocycles. The topological polar surface area (TPSA) is 117 Å². The first-order valence-electron chi connectivity index (χ1n) is 8.94. The maximum Gasteiger partial charge on any atom is 0.338 e. The number of carbonyl (C=O) groups excluding carboxylic acids is 3. The number of hydrogen-bond acceptors (Lipinski definition) is 7. The van der Waals surface area contributed by atoms with Crippen molar-refractivity contribution in [2.75, 3.05) is 18.7 Å². The molecule has 152 valence electrons. The number of nitrogens with two attached hydrogens (primary N) is 1. The highest BCUT2D eigenvalue weighted by atomic mass is 35.5. The summed E-state index contributed by atoms with van der Waals surface area (Å²) in [7, 11) is 0. The van der Waals surface area contributed by atoms with Crippen molar-refractivity contribution in [3.8, 4) is 11.5 Å². The Morgan fingerprint density at radius 2 is 2.00 bits per heavy atom. The number of esters is 1. The van der Waals surface area contributed by atoms with Crippen molar-refractivity contribution in [1.82, 2.24) is 0 Å². The predicted molar refractivity (Wildman–Crippen MR) is 106 cm³/mol. The number of thiophene rings is 1. The Bertz CT molecular complexity index is 1020. The minimum absolute atomic E-state index is 0.0168. The molecule has 2 heterocycles. The van der Waals surface area contributed by atoms with E-state index in [1.165, 1.54) is 23.5 Å². The molecule has 4 rings (SSSR count). The first kappa shape index (κ1) is 19.5. The molecule has 2 amide bonds. The zero-order valence-electron chi connectivity index (χ0n) is 15.2. The molecule has 2 aromatic rings. The molecule has 1 aromatic carbocycles. The van der Waals surface area contributed by atoms with Crippen molar-refractivity contribution in [1.29, 1.82) is 0 Å². The van der Waals surface area contributed by atoms with E-state index in [-0.39, 0.29) is 17.4 Å². The first-order valence-corrected chi connectivity index (χ1v) is 10.1. The van der Waals surface area contributed by atoms with Crippen LogP contribution >= 0.6 is 22.9 Å². The number of amides is 2. The average molecular weight is 437 g/mol. The standard InChI is InChI=1S/C19H17ClN2O6S/c20-11-5-9(6-12-16(11)28-8-27-12)19(25)26-7-14(23)22-18-15(17(21)24)10-3-1-2-4-13(10)29-18/h5-6H,1-4,7-8H2,(H2,21,24)(H,22,23). The molecule has 0 saturated carbocycles. The number of primary amides is 1. The lowest BCUT2D eigenvalue weighted by Gasteiger charge is -2.11. The number of ether oxygens (including phenoxy) is 3. The van der Waals surface area contributed by atoms with Crippen LogP contribution in [0.2, 0.25) is 5.02 Å². The largest absolute Gasteiger partial charge is 0.454 e. The van der Waals surface area contributed by atoms with Gasteiger partial charge in [0.2, 0.25) is 6.79 Å². The number of halogens is 1. The molecule has 1 aliphatic heterocycles. The number of anilines is 1. The fraction of sp³-hybridized carbons (Fsp3) is 0.316. The van der Waals surface area contributed by atoms with Crippen LogP contribution in [0, 0.1) is 0 Å². The van der Waals surface area contributed by atoms with Crippen molar-refractivity contribution in [3.63, 3.8) is 0 Å².